The topological polar surface area (TPSA) is 61.8 Å². The zero-order valence-electron chi connectivity index (χ0n) is 17.2. The van der Waals surface area contributed by atoms with Crippen molar-refractivity contribution in [2.75, 3.05) is 13.2 Å². The SMILES string of the molecule is CCCCOC(=O)C=CC(=O)[O][Sn]([CH2]CCC)([CH2]CCC)[O]CCCC. The monoisotopic (exact) mass is 478 g/mol. The summed E-state index contributed by atoms with van der Waals surface area (Å²) >= 11 is -3.46. The Labute approximate surface area is 164 Å². The normalized spacial score (nSPS) is 11.7. The van der Waals surface area contributed by atoms with Gasteiger partial charge in [-0.05, 0) is 0 Å². The fraction of sp³-hybridized carbons (Fsp3) is 0.800. The summed E-state index contributed by atoms with van der Waals surface area (Å²) < 4.78 is 19.0. The molecule has 0 heterocycles. The number of ether oxygens (including phenoxy) is 1. The van der Waals surface area contributed by atoms with Crippen LogP contribution in [0.4, 0.5) is 0 Å². The molecule has 152 valence electrons. The van der Waals surface area contributed by atoms with Crippen molar-refractivity contribution in [3.63, 3.8) is 0 Å². The van der Waals surface area contributed by atoms with Crippen molar-refractivity contribution in [3.05, 3.63) is 12.2 Å². The Kier molecular flexibility index (Phi) is 16.2. The second kappa shape index (κ2) is 16.6. The summed E-state index contributed by atoms with van der Waals surface area (Å²) in [6.45, 7) is 9.46. The van der Waals surface area contributed by atoms with Crippen LogP contribution in [-0.2, 0) is 20.5 Å². The number of hydrogen-bond donors (Lipinski definition) is 0. The van der Waals surface area contributed by atoms with E-state index in [-0.39, 0.29) is 0 Å². The summed E-state index contributed by atoms with van der Waals surface area (Å²) in [5, 5.41) is 0. The zero-order chi connectivity index (χ0) is 19.7. The standard InChI is InChI=1S/C8H12O4.C4H9O.2C4H9.Sn/c1-2-3-6-12-8(11)5-4-7(9)10;1-2-3-4-5;2*1-3-4-2;/h4-5H,2-3,6H2,1H3,(H,9,10);2-4H2,1H3;2*1,3-4H2,2H3;/q;-1;;;+2/p-1. The molecular formula is C20H38O5Sn. The molecule has 0 unspecified atom stereocenters. The van der Waals surface area contributed by atoms with Crippen molar-refractivity contribution in [2.45, 2.75) is 87.9 Å². The van der Waals surface area contributed by atoms with Crippen molar-refractivity contribution >= 4 is 31.1 Å². The van der Waals surface area contributed by atoms with Crippen LogP contribution in [-0.4, -0.2) is 44.4 Å². The second-order valence-electron chi connectivity index (χ2n) is 6.60. The molecule has 0 fully saturated rings. The first-order chi connectivity index (χ1) is 12.5. The van der Waals surface area contributed by atoms with E-state index in [1.165, 1.54) is 12.2 Å². The van der Waals surface area contributed by atoms with E-state index < -0.39 is 31.1 Å². The van der Waals surface area contributed by atoms with E-state index in [4.69, 9.17) is 10.9 Å². The molecule has 0 bridgehead atoms. The summed E-state index contributed by atoms with van der Waals surface area (Å²) in [6, 6.07) is 0. The Bertz CT molecular complexity index is 401. The molecule has 0 atom stereocenters. The molecule has 0 saturated carbocycles. The predicted molar refractivity (Wildman–Crippen MR) is 107 cm³/mol. The number of carbonyl (C=O) groups excluding carboxylic acids is 2. The minimum atomic E-state index is -3.46. The molecule has 6 heteroatoms. The van der Waals surface area contributed by atoms with Gasteiger partial charge in [0, 0.05) is 0 Å². The van der Waals surface area contributed by atoms with E-state index in [9.17, 15) is 9.59 Å². The molecule has 0 radical (unpaired) electrons. The number of unbranched alkanes of at least 4 members (excludes halogenated alkanes) is 4. The quantitative estimate of drug-likeness (QED) is 0.131. The van der Waals surface area contributed by atoms with Gasteiger partial charge >= 0.3 is 165 Å². The maximum absolute atomic E-state index is 12.3. The first kappa shape index (κ1) is 25.4. The van der Waals surface area contributed by atoms with Gasteiger partial charge in [0.25, 0.3) is 0 Å². The predicted octanol–water partition coefficient (Wildman–Crippen LogP) is 5.29. The van der Waals surface area contributed by atoms with E-state index in [1.807, 2.05) is 6.92 Å². The van der Waals surface area contributed by atoms with Crippen molar-refractivity contribution in [3.8, 4) is 0 Å². The average Bonchev–Trinajstić information content (AvgIpc) is 2.63. The average molecular weight is 477 g/mol. The molecule has 0 spiro atoms. The molecular weight excluding hydrogens is 439 g/mol. The van der Waals surface area contributed by atoms with E-state index in [0.717, 1.165) is 60.2 Å². The van der Waals surface area contributed by atoms with Crippen molar-refractivity contribution in [2.24, 2.45) is 0 Å². The Morgan fingerprint density at radius 3 is 1.77 bits per heavy atom. The molecule has 0 amide bonds. The third-order valence-corrected chi connectivity index (χ3v) is 14.2. The third-order valence-electron chi connectivity index (χ3n) is 4.07. The Morgan fingerprint density at radius 2 is 1.23 bits per heavy atom. The summed E-state index contributed by atoms with van der Waals surface area (Å²) in [7, 11) is 0. The molecule has 0 aromatic heterocycles. The van der Waals surface area contributed by atoms with Crippen molar-refractivity contribution in [1.82, 2.24) is 0 Å². The molecule has 0 rings (SSSR count). The van der Waals surface area contributed by atoms with Gasteiger partial charge in [-0.1, -0.05) is 0 Å². The van der Waals surface area contributed by atoms with Crippen molar-refractivity contribution in [1.29, 1.82) is 0 Å². The van der Waals surface area contributed by atoms with Crippen LogP contribution in [0.1, 0.15) is 79.1 Å². The van der Waals surface area contributed by atoms with Gasteiger partial charge in [-0.15, -0.1) is 0 Å². The summed E-state index contributed by atoms with van der Waals surface area (Å²) in [4.78, 5) is 23.9. The third kappa shape index (κ3) is 12.7. The summed E-state index contributed by atoms with van der Waals surface area (Å²) in [6.07, 6.45) is 10.3. The van der Waals surface area contributed by atoms with Gasteiger partial charge in [0.2, 0.25) is 0 Å². The molecule has 0 aliphatic heterocycles. The molecule has 0 aliphatic carbocycles. The maximum atomic E-state index is 12.3. The molecule has 5 nitrogen and oxygen atoms in total. The fourth-order valence-corrected chi connectivity index (χ4v) is 12.5. The molecule has 0 N–H and O–H groups in total. The van der Waals surface area contributed by atoms with Gasteiger partial charge in [0.1, 0.15) is 0 Å². The molecule has 26 heavy (non-hydrogen) atoms. The molecule has 0 aromatic carbocycles. The number of rotatable bonds is 16. The van der Waals surface area contributed by atoms with Gasteiger partial charge < -0.3 is 0 Å². The van der Waals surface area contributed by atoms with Crippen LogP contribution in [0.3, 0.4) is 0 Å². The van der Waals surface area contributed by atoms with Crippen LogP contribution in [0.25, 0.3) is 0 Å². The minimum absolute atomic E-state index is 0.380. The van der Waals surface area contributed by atoms with E-state index in [1.54, 1.807) is 0 Å². The first-order valence-electron chi connectivity index (χ1n) is 10.2. The van der Waals surface area contributed by atoms with Crippen LogP contribution in [0, 0.1) is 0 Å². The van der Waals surface area contributed by atoms with Gasteiger partial charge in [-0.2, -0.15) is 0 Å². The van der Waals surface area contributed by atoms with Gasteiger partial charge in [-0.3, -0.25) is 0 Å². The molecule has 0 saturated heterocycles. The van der Waals surface area contributed by atoms with E-state index >= 15 is 0 Å². The zero-order valence-corrected chi connectivity index (χ0v) is 20.0. The van der Waals surface area contributed by atoms with Crippen LogP contribution in [0.5, 0.6) is 0 Å². The first-order valence-corrected chi connectivity index (χ1v) is 16.6. The van der Waals surface area contributed by atoms with E-state index in [0.29, 0.717) is 13.2 Å². The van der Waals surface area contributed by atoms with Gasteiger partial charge in [0.05, 0.1) is 0 Å². The van der Waals surface area contributed by atoms with Crippen LogP contribution in [0.2, 0.25) is 8.87 Å². The summed E-state index contributed by atoms with van der Waals surface area (Å²) in [5.74, 6) is -0.956. The Balaban J connectivity index is 4.86. The number of hydrogen-bond acceptors (Lipinski definition) is 5. The van der Waals surface area contributed by atoms with Crippen LogP contribution >= 0.6 is 0 Å². The van der Waals surface area contributed by atoms with Crippen LogP contribution in [0.15, 0.2) is 12.2 Å². The fourth-order valence-electron chi connectivity index (χ4n) is 2.41. The number of esters is 1. The van der Waals surface area contributed by atoms with Gasteiger partial charge in [0.15, 0.2) is 0 Å². The van der Waals surface area contributed by atoms with Gasteiger partial charge in [-0.25, -0.2) is 0 Å². The molecule has 0 aromatic rings. The van der Waals surface area contributed by atoms with E-state index in [2.05, 4.69) is 20.8 Å². The molecule has 0 aliphatic rings. The Hall–Kier alpha value is -0.561. The second-order valence-corrected chi connectivity index (χ2v) is 16.1. The Morgan fingerprint density at radius 1 is 0.731 bits per heavy atom. The van der Waals surface area contributed by atoms with Crippen molar-refractivity contribution < 1.29 is 20.5 Å². The summed E-state index contributed by atoms with van der Waals surface area (Å²) in [5.41, 5.74) is 0. The van der Waals surface area contributed by atoms with Crippen LogP contribution < -0.4 is 0 Å². The number of carbonyl (C=O) groups is 2.